The second kappa shape index (κ2) is 4.63. The van der Waals surface area contributed by atoms with Crippen molar-refractivity contribution < 1.29 is 13.2 Å². The van der Waals surface area contributed by atoms with Crippen LogP contribution in [0.4, 0.5) is 13.2 Å². The third-order valence-electron chi connectivity index (χ3n) is 2.51. The zero-order valence-corrected chi connectivity index (χ0v) is 8.96. The molecular formula is C12H11F3N2. The Bertz CT molecular complexity index is 535. The summed E-state index contributed by atoms with van der Waals surface area (Å²) < 4.78 is 41.0. The SMILES string of the molecule is NCCc1cccn1-c1ccc(F)c(F)c1F. The molecule has 0 fully saturated rings. The van der Waals surface area contributed by atoms with Crippen LogP contribution in [-0.4, -0.2) is 11.1 Å². The van der Waals surface area contributed by atoms with Gasteiger partial charge in [0, 0.05) is 18.3 Å². The van der Waals surface area contributed by atoms with Crippen molar-refractivity contribution in [1.82, 2.24) is 4.57 Å². The Kier molecular flexibility index (Phi) is 3.19. The van der Waals surface area contributed by atoms with Gasteiger partial charge in [0.25, 0.3) is 0 Å². The largest absolute Gasteiger partial charge is 0.330 e. The lowest BCUT2D eigenvalue weighted by atomic mass is 10.2. The van der Waals surface area contributed by atoms with E-state index < -0.39 is 17.5 Å². The van der Waals surface area contributed by atoms with E-state index in [0.717, 1.165) is 11.8 Å². The van der Waals surface area contributed by atoms with E-state index in [1.807, 2.05) is 0 Å². The van der Waals surface area contributed by atoms with Crippen LogP contribution in [0, 0.1) is 17.5 Å². The minimum atomic E-state index is -1.46. The van der Waals surface area contributed by atoms with Gasteiger partial charge in [-0.15, -0.1) is 0 Å². The summed E-state index contributed by atoms with van der Waals surface area (Å²) in [6, 6.07) is 5.56. The zero-order valence-electron chi connectivity index (χ0n) is 8.96. The average Bonchev–Trinajstić information content (AvgIpc) is 2.75. The number of halogens is 3. The molecule has 2 nitrogen and oxygen atoms in total. The molecular weight excluding hydrogens is 229 g/mol. The molecule has 0 aliphatic heterocycles. The number of hydrogen-bond acceptors (Lipinski definition) is 1. The van der Waals surface area contributed by atoms with Crippen molar-refractivity contribution in [3.63, 3.8) is 0 Å². The molecule has 2 N–H and O–H groups in total. The van der Waals surface area contributed by atoms with Crippen LogP contribution in [0.1, 0.15) is 5.69 Å². The minimum absolute atomic E-state index is 0.0163. The van der Waals surface area contributed by atoms with E-state index in [9.17, 15) is 13.2 Å². The predicted octanol–water partition coefficient (Wildman–Crippen LogP) is 2.40. The Morgan fingerprint density at radius 1 is 1.06 bits per heavy atom. The maximum atomic E-state index is 13.6. The first-order valence-corrected chi connectivity index (χ1v) is 5.15. The van der Waals surface area contributed by atoms with E-state index in [2.05, 4.69) is 0 Å². The van der Waals surface area contributed by atoms with Gasteiger partial charge < -0.3 is 10.3 Å². The lowest BCUT2D eigenvalue weighted by Gasteiger charge is -2.10. The second-order valence-corrected chi connectivity index (χ2v) is 3.60. The molecule has 1 heterocycles. The summed E-state index contributed by atoms with van der Waals surface area (Å²) in [5.74, 6) is -3.85. The number of nitrogens with zero attached hydrogens (tertiary/aromatic N) is 1. The Labute approximate surface area is 96.5 Å². The molecule has 90 valence electrons. The van der Waals surface area contributed by atoms with Gasteiger partial charge in [0.15, 0.2) is 17.5 Å². The van der Waals surface area contributed by atoms with Gasteiger partial charge in [-0.3, -0.25) is 0 Å². The van der Waals surface area contributed by atoms with E-state index in [1.54, 1.807) is 18.3 Å². The van der Waals surface area contributed by atoms with Crippen molar-refractivity contribution in [1.29, 1.82) is 0 Å². The number of benzene rings is 1. The Hall–Kier alpha value is -1.75. The molecule has 2 aromatic rings. The summed E-state index contributed by atoms with van der Waals surface area (Å²) in [7, 11) is 0. The van der Waals surface area contributed by atoms with Crippen LogP contribution in [0.15, 0.2) is 30.5 Å². The zero-order chi connectivity index (χ0) is 12.4. The summed E-state index contributed by atoms with van der Waals surface area (Å²) in [5.41, 5.74) is 6.15. The molecule has 0 radical (unpaired) electrons. The fraction of sp³-hybridized carbons (Fsp3) is 0.167. The summed E-state index contributed by atoms with van der Waals surface area (Å²) in [4.78, 5) is 0. The highest BCUT2D eigenvalue weighted by Gasteiger charge is 2.15. The smallest absolute Gasteiger partial charge is 0.196 e. The summed E-state index contributed by atoms with van der Waals surface area (Å²) in [6.45, 7) is 0.398. The molecule has 1 aromatic heterocycles. The van der Waals surface area contributed by atoms with Crippen LogP contribution in [0.5, 0.6) is 0 Å². The van der Waals surface area contributed by atoms with Crippen molar-refractivity contribution in [2.75, 3.05) is 6.54 Å². The highest BCUT2D eigenvalue weighted by Crippen LogP contribution is 2.21. The number of hydrogen-bond donors (Lipinski definition) is 1. The topological polar surface area (TPSA) is 30.9 Å². The molecule has 1 aromatic carbocycles. The van der Waals surface area contributed by atoms with Crippen LogP contribution in [0.3, 0.4) is 0 Å². The third kappa shape index (κ3) is 2.06. The van der Waals surface area contributed by atoms with E-state index >= 15 is 0 Å². The normalized spacial score (nSPS) is 10.8. The molecule has 2 rings (SSSR count). The molecule has 0 unspecified atom stereocenters. The lowest BCUT2D eigenvalue weighted by molar-refractivity contribution is 0.444. The van der Waals surface area contributed by atoms with E-state index in [-0.39, 0.29) is 5.69 Å². The van der Waals surface area contributed by atoms with E-state index in [1.165, 1.54) is 10.6 Å². The monoisotopic (exact) mass is 240 g/mol. The van der Waals surface area contributed by atoms with Crippen molar-refractivity contribution in [2.45, 2.75) is 6.42 Å². The Balaban J connectivity index is 2.53. The van der Waals surface area contributed by atoms with Crippen LogP contribution in [-0.2, 0) is 6.42 Å². The van der Waals surface area contributed by atoms with Gasteiger partial charge in [-0.1, -0.05) is 0 Å². The van der Waals surface area contributed by atoms with Crippen molar-refractivity contribution in [2.24, 2.45) is 5.73 Å². The second-order valence-electron chi connectivity index (χ2n) is 3.60. The molecule has 0 bridgehead atoms. The summed E-state index contributed by atoms with van der Waals surface area (Å²) in [5, 5.41) is 0. The van der Waals surface area contributed by atoms with Gasteiger partial charge >= 0.3 is 0 Å². The van der Waals surface area contributed by atoms with Crippen molar-refractivity contribution >= 4 is 0 Å². The lowest BCUT2D eigenvalue weighted by Crippen LogP contribution is -2.09. The van der Waals surface area contributed by atoms with Gasteiger partial charge in [-0.25, -0.2) is 13.2 Å². The third-order valence-corrected chi connectivity index (χ3v) is 2.51. The van der Waals surface area contributed by atoms with E-state index in [4.69, 9.17) is 5.73 Å². The Morgan fingerprint density at radius 2 is 1.82 bits per heavy atom. The molecule has 0 saturated carbocycles. The van der Waals surface area contributed by atoms with Gasteiger partial charge in [0.05, 0.1) is 5.69 Å². The number of nitrogens with two attached hydrogens (primary N) is 1. The molecule has 17 heavy (non-hydrogen) atoms. The maximum absolute atomic E-state index is 13.6. The maximum Gasteiger partial charge on any atom is 0.196 e. The Morgan fingerprint density at radius 3 is 2.53 bits per heavy atom. The molecule has 0 aliphatic carbocycles. The molecule has 0 atom stereocenters. The number of aromatic nitrogens is 1. The summed E-state index contributed by atoms with van der Waals surface area (Å²) in [6.07, 6.45) is 2.12. The number of rotatable bonds is 3. The van der Waals surface area contributed by atoms with Crippen molar-refractivity contribution in [3.05, 3.63) is 53.6 Å². The van der Waals surface area contributed by atoms with Gasteiger partial charge in [0.1, 0.15) is 0 Å². The molecule has 0 saturated heterocycles. The fourth-order valence-electron chi connectivity index (χ4n) is 1.70. The fourth-order valence-corrected chi connectivity index (χ4v) is 1.70. The van der Waals surface area contributed by atoms with Crippen LogP contribution in [0.25, 0.3) is 5.69 Å². The van der Waals surface area contributed by atoms with Gasteiger partial charge in [-0.2, -0.15) is 0 Å². The predicted molar refractivity (Wildman–Crippen MR) is 58.4 cm³/mol. The van der Waals surface area contributed by atoms with E-state index in [0.29, 0.717) is 13.0 Å². The van der Waals surface area contributed by atoms with Crippen LogP contribution < -0.4 is 5.73 Å². The first kappa shape index (κ1) is 11.7. The molecule has 0 amide bonds. The first-order valence-electron chi connectivity index (χ1n) is 5.15. The van der Waals surface area contributed by atoms with Crippen LogP contribution >= 0.6 is 0 Å². The average molecular weight is 240 g/mol. The highest BCUT2D eigenvalue weighted by molar-refractivity contribution is 5.37. The first-order chi connectivity index (χ1) is 8.15. The quantitative estimate of drug-likeness (QED) is 0.820. The van der Waals surface area contributed by atoms with Gasteiger partial charge in [0.2, 0.25) is 0 Å². The minimum Gasteiger partial charge on any atom is -0.330 e. The molecule has 0 aliphatic rings. The van der Waals surface area contributed by atoms with Crippen LogP contribution in [0.2, 0.25) is 0 Å². The standard InChI is InChI=1S/C12H11F3N2/c13-9-3-4-10(12(15)11(9)14)17-7-1-2-8(17)5-6-16/h1-4,7H,5-6,16H2. The van der Waals surface area contributed by atoms with Crippen molar-refractivity contribution in [3.8, 4) is 5.69 Å². The molecule has 0 spiro atoms. The molecule has 5 heteroatoms. The highest BCUT2D eigenvalue weighted by atomic mass is 19.2. The summed E-state index contributed by atoms with van der Waals surface area (Å²) >= 11 is 0. The van der Waals surface area contributed by atoms with Gasteiger partial charge in [-0.05, 0) is 30.8 Å².